The lowest BCUT2D eigenvalue weighted by molar-refractivity contribution is 0.0174. The van der Waals surface area contributed by atoms with Gasteiger partial charge in [-0.25, -0.2) is 18.0 Å². The number of allylic oxidation sites excluding steroid dienone is 1. The van der Waals surface area contributed by atoms with Gasteiger partial charge in [0.25, 0.3) is 10.0 Å². The minimum Gasteiger partial charge on any atom is -0.444 e. The lowest BCUT2D eigenvalue weighted by atomic mass is 10.1. The number of hydrazone groups is 1. The molecule has 2 saturated heterocycles. The van der Waals surface area contributed by atoms with Crippen molar-refractivity contribution in [2.75, 3.05) is 32.7 Å². The van der Waals surface area contributed by atoms with E-state index >= 15 is 0 Å². The molecule has 304 valence electrons. The Bertz CT molecular complexity index is 2300. The molecule has 0 saturated carbocycles. The Hall–Kier alpha value is -5.59. The summed E-state index contributed by atoms with van der Waals surface area (Å²) in [5, 5.41) is 26.2. The molecular weight excluding hydrogens is 753 g/mol. The number of carbonyl (C=O) groups is 2. The van der Waals surface area contributed by atoms with Gasteiger partial charge >= 0.3 is 12.2 Å². The fraction of sp³-hybridized carbons (Fsp3) is 0.526. The number of ether oxygens (including phenoxy) is 2. The van der Waals surface area contributed by atoms with Crippen LogP contribution in [0.25, 0.3) is 22.2 Å². The Morgan fingerprint density at radius 3 is 1.88 bits per heavy atom. The number of likely N-dealkylation sites (tertiary alicyclic amines) is 2. The highest BCUT2D eigenvalue weighted by Crippen LogP contribution is 2.29. The van der Waals surface area contributed by atoms with Gasteiger partial charge in [-0.15, -0.1) is 0 Å². The van der Waals surface area contributed by atoms with Gasteiger partial charge in [0.05, 0.1) is 42.9 Å². The maximum absolute atomic E-state index is 14.2. The van der Waals surface area contributed by atoms with Gasteiger partial charge in [-0.05, 0) is 79.4 Å². The van der Waals surface area contributed by atoms with Crippen LogP contribution in [-0.4, -0.2) is 130 Å². The molecule has 0 radical (unpaired) electrons. The van der Waals surface area contributed by atoms with Crippen molar-refractivity contribution in [1.29, 1.82) is 5.41 Å². The lowest BCUT2D eigenvalue weighted by Gasteiger charge is -2.33. The van der Waals surface area contributed by atoms with Crippen LogP contribution in [0.15, 0.2) is 60.5 Å². The lowest BCUT2D eigenvalue weighted by Crippen LogP contribution is -2.43. The van der Waals surface area contributed by atoms with Crippen LogP contribution in [0.2, 0.25) is 0 Å². The second-order valence-corrected chi connectivity index (χ2v) is 18.4. The topological polar surface area (TPSA) is 199 Å². The second-order valence-electron chi connectivity index (χ2n) is 16.5. The van der Waals surface area contributed by atoms with E-state index in [0.29, 0.717) is 74.2 Å². The Kier molecular flexibility index (Phi) is 10.7. The minimum absolute atomic E-state index is 0.0707. The van der Waals surface area contributed by atoms with Gasteiger partial charge in [0.15, 0.2) is 0 Å². The van der Waals surface area contributed by atoms with E-state index < -0.39 is 26.6 Å². The van der Waals surface area contributed by atoms with Gasteiger partial charge < -0.3 is 24.7 Å². The summed E-state index contributed by atoms with van der Waals surface area (Å²) in [6.07, 6.45) is 16.8. The van der Waals surface area contributed by atoms with Crippen molar-refractivity contribution in [3.05, 3.63) is 61.0 Å². The summed E-state index contributed by atoms with van der Waals surface area (Å²) in [6.45, 7) is 13.4. The van der Waals surface area contributed by atoms with Crippen LogP contribution in [0.4, 0.5) is 9.59 Å². The second kappa shape index (κ2) is 15.4. The molecular formula is C38H50N12O6S. The van der Waals surface area contributed by atoms with E-state index in [4.69, 9.17) is 14.9 Å². The zero-order valence-corrected chi connectivity index (χ0v) is 34.0. The van der Waals surface area contributed by atoms with Crippen LogP contribution in [-0.2, 0) is 19.5 Å². The average Bonchev–Trinajstić information content (AvgIpc) is 3.95. The molecule has 4 aromatic heterocycles. The number of carbonyl (C=O) groups excluding carboxylic acids is 2. The molecule has 18 nitrogen and oxygen atoms in total. The molecule has 2 fully saturated rings. The van der Waals surface area contributed by atoms with Gasteiger partial charge in [0, 0.05) is 67.7 Å². The zero-order valence-electron chi connectivity index (χ0n) is 33.1. The Balaban J connectivity index is 1.04. The molecule has 3 aliphatic rings. The molecule has 1 N–H and O–H groups in total. The first-order valence-electron chi connectivity index (χ1n) is 19.1. The summed E-state index contributed by atoms with van der Waals surface area (Å²) in [7, 11) is -4.33. The van der Waals surface area contributed by atoms with Gasteiger partial charge in [-0.3, -0.25) is 19.4 Å². The molecule has 19 heteroatoms. The maximum atomic E-state index is 14.2. The number of piperidine rings is 2. The molecule has 7 heterocycles. The monoisotopic (exact) mass is 802 g/mol. The van der Waals surface area contributed by atoms with Gasteiger partial charge in [0.2, 0.25) is 5.37 Å². The van der Waals surface area contributed by atoms with Crippen molar-refractivity contribution < 1.29 is 27.5 Å². The number of hydrogen-bond acceptors (Lipinski definition) is 13. The van der Waals surface area contributed by atoms with Crippen molar-refractivity contribution in [3.8, 4) is 11.1 Å². The number of nitrogens with zero attached hydrogens (tertiary/aromatic N) is 11. The van der Waals surface area contributed by atoms with Crippen LogP contribution in [0.3, 0.4) is 0 Å². The summed E-state index contributed by atoms with van der Waals surface area (Å²) in [5.41, 5.74) is 2.11. The number of amides is 2. The molecule has 0 bridgehead atoms. The number of fused-ring (bicyclic) bond motifs is 1. The fourth-order valence-corrected chi connectivity index (χ4v) is 8.53. The van der Waals surface area contributed by atoms with E-state index in [1.165, 1.54) is 11.2 Å². The fourth-order valence-electron chi connectivity index (χ4n) is 7.11. The minimum atomic E-state index is -4.33. The number of nitrogens with one attached hydrogen (secondary N) is 1. The number of hydrogen-bond donors (Lipinski definition) is 1. The molecule has 0 spiro atoms. The van der Waals surface area contributed by atoms with Gasteiger partial charge in [-0.2, -0.15) is 24.5 Å². The summed E-state index contributed by atoms with van der Waals surface area (Å²) >= 11 is 0. The number of aromatic nitrogens is 7. The van der Waals surface area contributed by atoms with Crippen molar-refractivity contribution in [2.45, 2.75) is 95.9 Å². The third-order valence-corrected chi connectivity index (χ3v) is 11.8. The van der Waals surface area contributed by atoms with Gasteiger partial charge in [-0.1, -0.05) is 6.08 Å². The van der Waals surface area contributed by atoms with Crippen LogP contribution in [0.1, 0.15) is 84.9 Å². The predicted octanol–water partition coefficient (Wildman–Crippen LogP) is 5.06. The van der Waals surface area contributed by atoms with E-state index in [1.807, 2.05) is 63.3 Å². The highest BCUT2D eigenvalue weighted by molar-refractivity contribution is 7.91. The van der Waals surface area contributed by atoms with E-state index in [2.05, 4.69) is 25.4 Å². The third-order valence-electron chi connectivity index (χ3n) is 9.99. The van der Waals surface area contributed by atoms with Crippen LogP contribution in [0, 0.1) is 5.41 Å². The quantitative estimate of drug-likeness (QED) is 0.234. The summed E-state index contributed by atoms with van der Waals surface area (Å²) in [4.78, 5) is 33.0. The summed E-state index contributed by atoms with van der Waals surface area (Å²) in [5.74, 6) is 0. The highest BCUT2D eigenvalue weighted by Gasteiger charge is 2.35. The largest absolute Gasteiger partial charge is 0.444 e. The molecule has 1 atom stereocenters. The number of pyridine rings is 1. The first kappa shape index (κ1) is 39.6. The Labute approximate surface area is 331 Å². The van der Waals surface area contributed by atoms with E-state index in [-0.39, 0.29) is 36.3 Å². The molecule has 57 heavy (non-hydrogen) atoms. The third kappa shape index (κ3) is 8.72. The smallest absolute Gasteiger partial charge is 0.410 e. The van der Waals surface area contributed by atoms with E-state index in [9.17, 15) is 18.0 Å². The average molecular weight is 803 g/mol. The SMILES string of the molecule is CC(C)(C)OC(=O)N1CCC(n2cc(C3=NN(C(C=N)S(=O)(=O)n4ncc5ncc(-c6cnn(C7CCN(C(=O)OC(C)(C)C)CC7)c6)cc54)CC=C3)cn2)CC1. The maximum Gasteiger partial charge on any atom is 0.410 e. The van der Waals surface area contributed by atoms with Crippen molar-refractivity contribution in [1.82, 2.24) is 48.5 Å². The predicted molar refractivity (Wildman–Crippen MR) is 212 cm³/mol. The van der Waals surface area contributed by atoms with E-state index in [1.54, 1.807) is 46.6 Å². The zero-order chi connectivity index (χ0) is 40.7. The molecule has 2 amide bonds. The van der Waals surface area contributed by atoms with Crippen molar-refractivity contribution in [3.63, 3.8) is 0 Å². The van der Waals surface area contributed by atoms with Crippen molar-refractivity contribution >= 4 is 45.2 Å². The number of rotatable bonds is 8. The van der Waals surface area contributed by atoms with Crippen LogP contribution < -0.4 is 0 Å². The normalized spacial score (nSPS) is 18.1. The molecule has 7 rings (SSSR count). The molecule has 4 aromatic rings. The standard InChI is InChI=1S/C38H50N12O6S/c1-37(2,3)55-35(51)45-14-9-29(10-15-45)48-24-27(21-41-48)26-18-33-32(40-20-26)23-43-50(33)57(53,54)34(19-39)47-13-7-8-31(44-47)28-22-42-49(25-28)30-11-16-46(17-12-30)36(52)56-38(4,5)6/h7-8,18-25,29-30,34,39H,9-17H2,1-6H3. The van der Waals surface area contributed by atoms with E-state index in [0.717, 1.165) is 15.9 Å². The Morgan fingerprint density at radius 2 is 1.33 bits per heavy atom. The molecule has 3 aliphatic heterocycles. The Morgan fingerprint density at radius 1 is 0.789 bits per heavy atom. The van der Waals surface area contributed by atoms with Crippen LogP contribution >= 0.6 is 0 Å². The van der Waals surface area contributed by atoms with Crippen LogP contribution in [0.5, 0.6) is 0 Å². The summed E-state index contributed by atoms with van der Waals surface area (Å²) < 4.78 is 44.2. The molecule has 0 aliphatic carbocycles. The summed E-state index contributed by atoms with van der Waals surface area (Å²) in [6, 6.07) is 1.86. The first-order chi connectivity index (χ1) is 27.0. The first-order valence-corrected chi connectivity index (χ1v) is 20.6. The molecule has 0 aromatic carbocycles. The highest BCUT2D eigenvalue weighted by atomic mass is 32.2. The molecule has 1 unspecified atom stereocenters. The van der Waals surface area contributed by atoms with Crippen molar-refractivity contribution in [2.24, 2.45) is 5.10 Å². The van der Waals surface area contributed by atoms with Gasteiger partial charge in [0.1, 0.15) is 22.2 Å².